The molecule has 1 atom stereocenters. The lowest BCUT2D eigenvalue weighted by Crippen LogP contribution is -2.50. The van der Waals surface area contributed by atoms with Gasteiger partial charge in [0.2, 0.25) is 0 Å². The molecule has 0 spiro atoms. The topological polar surface area (TPSA) is 41.9 Å². The van der Waals surface area contributed by atoms with Gasteiger partial charge in [-0.3, -0.25) is 4.90 Å². The Bertz CT molecular complexity index is 435. The Morgan fingerprint density at radius 3 is 2.74 bits per heavy atom. The Morgan fingerprint density at radius 2 is 2.11 bits per heavy atom. The molecule has 3 rings (SSSR count). The third-order valence-electron chi connectivity index (χ3n) is 3.82. The zero-order valence-corrected chi connectivity index (χ0v) is 10.7. The second-order valence-corrected chi connectivity index (χ2v) is 5.38. The summed E-state index contributed by atoms with van der Waals surface area (Å²) in [6.07, 6.45) is 0.699. The Morgan fingerprint density at radius 1 is 1.37 bits per heavy atom. The maximum absolute atomic E-state index is 12.8. The number of benzene rings is 1. The lowest BCUT2D eigenvalue weighted by atomic mass is 10.1. The van der Waals surface area contributed by atoms with Crippen molar-refractivity contribution in [1.82, 2.24) is 4.90 Å². The number of hydrogen-bond donors (Lipinski definition) is 1. The van der Waals surface area contributed by atoms with Crippen LogP contribution in [0.15, 0.2) is 24.3 Å². The van der Waals surface area contributed by atoms with Crippen LogP contribution in [0.4, 0.5) is 4.39 Å². The summed E-state index contributed by atoms with van der Waals surface area (Å²) in [6.45, 7) is 3.24. The Balaban J connectivity index is 1.53. The molecule has 1 N–H and O–H groups in total. The van der Waals surface area contributed by atoms with E-state index in [9.17, 15) is 9.50 Å². The van der Waals surface area contributed by atoms with Gasteiger partial charge in [-0.15, -0.1) is 0 Å². The minimum Gasteiger partial charge on any atom is -0.491 e. The predicted octanol–water partition coefficient (Wildman–Crippen LogP) is 1.04. The van der Waals surface area contributed by atoms with Crippen LogP contribution < -0.4 is 4.74 Å². The fraction of sp³-hybridized carbons (Fsp3) is 0.571. The van der Waals surface area contributed by atoms with Crippen molar-refractivity contribution in [2.45, 2.75) is 18.1 Å². The summed E-state index contributed by atoms with van der Waals surface area (Å²) >= 11 is 0. The first-order chi connectivity index (χ1) is 9.15. The van der Waals surface area contributed by atoms with Crippen molar-refractivity contribution in [3.05, 3.63) is 30.1 Å². The number of halogens is 1. The summed E-state index contributed by atoms with van der Waals surface area (Å²) < 4.78 is 23.5. The average molecular weight is 267 g/mol. The first-order valence-electron chi connectivity index (χ1n) is 6.57. The van der Waals surface area contributed by atoms with Crippen LogP contribution in [0.5, 0.6) is 5.75 Å². The van der Waals surface area contributed by atoms with Crippen LogP contribution in [0.25, 0.3) is 0 Å². The van der Waals surface area contributed by atoms with Crippen molar-refractivity contribution >= 4 is 0 Å². The van der Waals surface area contributed by atoms with E-state index in [4.69, 9.17) is 9.47 Å². The number of nitrogens with zero attached hydrogens (tertiary/aromatic N) is 1. The smallest absolute Gasteiger partial charge is 0.123 e. The number of rotatable bonds is 4. The molecular formula is C14H18FNO3. The number of hydrogen-bond acceptors (Lipinski definition) is 4. The van der Waals surface area contributed by atoms with E-state index >= 15 is 0 Å². The second-order valence-electron chi connectivity index (χ2n) is 5.38. The zero-order chi connectivity index (χ0) is 13.3. The van der Waals surface area contributed by atoms with Gasteiger partial charge in [0.1, 0.15) is 23.8 Å². The van der Waals surface area contributed by atoms with Crippen LogP contribution in [0, 0.1) is 5.82 Å². The summed E-state index contributed by atoms with van der Waals surface area (Å²) in [5.41, 5.74) is -0.815. The molecular weight excluding hydrogens is 249 g/mol. The summed E-state index contributed by atoms with van der Waals surface area (Å²) in [7, 11) is 0. The Hall–Kier alpha value is -1.17. The number of β-amino-alcohol motifs (C(OH)–C–C–N with tert-alkyl or cyclic N) is 1. The van der Waals surface area contributed by atoms with Crippen molar-refractivity contribution in [2.75, 3.05) is 32.9 Å². The summed E-state index contributed by atoms with van der Waals surface area (Å²) in [6, 6.07) is 6.30. The number of aliphatic hydroxyl groups is 1. The molecule has 104 valence electrons. The molecule has 2 fully saturated rings. The molecule has 19 heavy (non-hydrogen) atoms. The molecule has 0 aliphatic carbocycles. The van der Waals surface area contributed by atoms with Crippen LogP contribution in [-0.4, -0.2) is 54.6 Å². The van der Waals surface area contributed by atoms with E-state index in [1.165, 1.54) is 12.1 Å². The van der Waals surface area contributed by atoms with Gasteiger partial charge in [-0.05, 0) is 30.7 Å². The third kappa shape index (κ3) is 2.88. The van der Waals surface area contributed by atoms with Crippen molar-refractivity contribution < 1.29 is 19.0 Å². The third-order valence-corrected chi connectivity index (χ3v) is 3.82. The van der Waals surface area contributed by atoms with E-state index in [0.29, 0.717) is 24.8 Å². The maximum atomic E-state index is 12.8. The van der Waals surface area contributed by atoms with Crippen molar-refractivity contribution in [3.63, 3.8) is 0 Å². The van der Waals surface area contributed by atoms with Crippen LogP contribution in [0.3, 0.4) is 0 Å². The Labute approximate surface area is 111 Å². The van der Waals surface area contributed by atoms with Gasteiger partial charge in [0.05, 0.1) is 19.3 Å². The molecule has 2 heterocycles. The van der Waals surface area contributed by atoms with Gasteiger partial charge in [0.15, 0.2) is 0 Å². The minimum atomic E-state index is -0.815. The first kappa shape index (κ1) is 12.8. The molecule has 0 bridgehead atoms. The molecule has 0 amide bonds. The van der Waals surface area contributed by atoms with Gasteiger partial charge in [-0.25, -0.2) is 4.39 Å². The molecule has 2 aliphatic rings. The highest BCUT2D eigenvalue weighted by molar-refractivity contribution is 5.22. The van der Waals surface area contributed by atoms with Gasteiger partial charge in [-0.1, -0.05) is 0 Å². The van der Waals surface area contributed by atoms with E-state index in [-0.39, 0.29) is 12.4 Å². The first-order valence-corrected chi connectivity index (χ1v) is 6.57. The van der Waals surface area contributed by atoms with Crippen molar-refractivity contribution in [2.24, 2.45) is 0 Å². The normalized spacial score (nSPS) is 28.3. The summed E-state index contributed by atoms with van der Waals surface area (Å²) in [4.78, 5) is 2.25. The maximum Gasteiger partial charge on any atom is 0.123 e. The molecule has 0 aromatic heterocycles. The molecule has 1 unspecified atom stereocenters. The van der Waals surface area contributed by atoms with Gasteiger partial charge < -0.3 is 14.6 Å². The lowest BCUT2D eigenvalue weighted by molar-refractivity contribution is -0.0698. The van der Waals surface area contributed by atoms with E-state index in [1.54, 1.807) is 12.1 Å². The molecule has 0 radical (unpaired) electrons. The highest BCUT2D eigenvalue weighted by Crippen LogP contribution is 2.26. The highest BCUT2D eigenvalue weighted by Gasteiger charge is 2.41. The van der Waals surface area contributed by atoms with E-state index < -0.39 is 5.60 Å². The van der Waals surface area contributed by atoms with Gasteiger partial charge in [-0.2, -0.15) is 0 Å². The van der Waals surface area contributed by atoms with Gasteiger partial charge in [0, 0.05) is 13.1 Å². The van der Waals surface area contributed by atoms with Crippen LogP contribution in [-0.2, 0) is 4.74 Å². The SMILES string of the molecule is OC1(COc2ccc(F)cc2)CCN(C2COC2)C1. The predicted molar refractivity (Wildman–Crippen MR) is 67.6 cm³/mol. The highest BCUT2D eigenvalue weighted by atomic mass is 19.1. The van der Waals surface area contributed by atoms with E-state index in [2.05, 4.69) is 4.90 Å². The van der Waals surface area contributed by atoms with Crippen molar-refractivity contribution in [1.29, 1.82) is 0 Å². The lowest BCUT2D eigenvalue weighted by Gasteiger charge is -2.35. The largest absolute Gasteiger partial charge is 0.491 e. The summed E-state index contributed by atoms with van der Waals surface area (Å²) in [5.74, 6) is 0.295. The van der Waals surface area contributed by atoms with Gasteiger partial charge >= 0.3 is 0 Å². The van der Waals surface area contributed by atoms with Gasteiger partial charge in [0.25, 0.3) is 0 Å². The Kier molecular flexibility index (Phi) is 3.43. The van der Waals surface area contributed by atoms with Crippen LogP contribution in [0.2, 0.25) is 0 Å². The van der Waals surface area contributed by atoms with Crippen molar-refractivity contribution in [3.8, 4) is 5.75 Å². The van der Waals surface area contributed by atoms with Crippen LogP contribution >= 0.6 is 0 Å². The van der Waals surface area contributed by atoms with Crippen LogP contribution in [0.1, 0.15) is 6.42 Å². The summed E-state index contributed by atoms with van der Waals surface area (Å²) in [5, 5.41) is 10.5. The molecule has 0 saturated carbocycles. The molecule has 4 nitrogen and oxygen atoms in total. The monoisotopic (exact) mass is 267 g/mol. The standard InChI is InChI=1S/C14H18FNO3/c15-11-1-3-13(4-2-11)19-10-14(17)5-6-16(9-14)12-7-18-8-12/h1-4,12,17H,5-10H2. The number of likely N-dealkylation sites (tertiary alicyclic amines) is 1. The fourth-order valence-corrected chi connectivity index (χ4v) is 2.50. The second kappa shape index (κ2) is 5.07. The zero-order valence-electron chi connectivity index (χ0n) is 10.7. The fourth-order valence-electron chi connectivity index (χ4n) is 2.50. The molecule has 1 aromatic rings. The molecule has 1 aromatic carbocycles. The van der Waals surface area contributed by atoms with E-state index in [1.807, 2.05) is 0 Å². The minimum absolute atomic E-state index is 0.239. The van der Waals surface area contributed by atoms with E-state index in [0.717, 1.165) is 19.8 Å². The molecule has 5 heteroatoms. The average Bonchev–Trinajstić information content (AvgIpc) is 2.69. The molecule has 2 aliphatic heterocycles. The quantitative estimate of drug-likeness (QED) is 0.885. The number of ether oxygens (including phenoxy) is 2. The molecule has 2 saturated heterocycles.